The first-order valence-electron chi connectivity index (χ1n) is 12.0. The lowest BCUT2D eigenvalue weighted by atomic mass is 9.87. The molecule has 0 spiro atoms. The van der Waals surface area contributed by atoms with Crippen LogP contribution in [0.4, 0.5) is 5.69 Å². The second-order valence-corrected chi connectivity index (χ2v) is 8.98. The average Bonchev–Trinajstić information content (AvgIpc) is 3.33. The second-order valence-electron chi connectivity index (χ2n) is 8.98. The van der Waals surface area contributed by atoms with Crippen molar-refractivity contribution in [1.82, 2.24) is 9.55 Å². The topological polar surface area (TPSA) is 93.5 Å². The fourth-order valence-electron chi connectivity index (χ4n) is 4.98. The highest BCUT2D eigenvalue weighted by atomic mass is 16.5. The fourth-order valence-corrected chi connectivity index (χ4v) is 4.98. The molecule has 2 heterocycles. The van der Waals surface area contributed by atoms with Gasteiger partial charge in [-0.3, -0.25) is 9.59 Å². The Balaban J connectivity index is 1.37. The molecule has 0 fully saturated rings. The molecule has 0 saturated carbocycles. The molecule has 5 aromatic rings. The smallest absolute Gasteiger partial charge is 0.305 e. The van der Waals surface area contributed by atoms with E-state index in [9.17, 15) is 14.7 Å². The van der Waals surface area contributed by atoms with Gasteiger partial charge in [-0.05, 0) is 35.9 Å². The number of anilines is 1. The molecule has 1 unspecified atom stereocenters. The molecule has 4 aromatic carbocycles. The van der Waals surface area contributed by atoms with Gasteiger partial charge in [0.25, 0.3) is 0 Å². The highest BCUT2D eigenvalue weighted by molar-refractivity contribution is 6.00. The number of ether oxygens (including phenoxy) is 1. The second kappa shape index (κ2) is 9.28. The number of amides is 1. The lowest BCUT2D eigenvalue weighted by molar-refractivity contribution is -0.137. The summed E-state index contributed by atoms with van der Waals surface area (Å²) in [5.41, 5.74) is 4.52. The van der Waals surface area contributed by atoms with E-state index in [0.29, 0.717) is 22.7 Å². The molecular formula is C30H23N3O4. The maximum Gasteiger partial charge on any atom is 0.305 e. The highest BCUT2D eigenvalue weighted by Crippen LogP contribution is 2.44. The Kier molecular flexibility index (Phi) is 5.65. The van der Waals surface area contributed by atoms with Crippen LogP contribution in [0.15, 0.2) is 103 Å². The number of rotatable bonds is 6. The van der Waals surface area contributed by atoms with Crippen molar-refractivity contribution in [2.45, 2.75) is 18.4 Å². The van der Waals surface area contributed by atoms with Crippen molar-refractivity contribution >= 4 is 28.6 Å². The van der Waals surface area contributed by atoms with Crippen LogP contribution in [0.25, 0.3) is 11.0 Å². The number of carbonyl (C=O) groups excluding carboxylic acids is 1. The van der Waals surface area contributed by atoms with Crippen molar-refractivity contribution in [3.63, 3.8) is 0 Å². The molecule has 0 radical (unpaired) electrons. The number of hydrogen-bond acceptors (Lipinski definition) is 4. The Bertz CT molecular complexity index is 1580. The number of benzene rings is 4. The van der Waals surface area contributed by atoms with Crippen LogP contribution in [0.1, 0.15) is 35.1 Å². The van der Waals surface area contributed by atoms with Gasteiger partial charge in [0, 0.05) is 16.8 Å². The zero-order valence-electron chi connectivity index (χ0n) is 19.7. The van der Waals surface area contributed by atoms with Crippen molar-refractivity contribution in [2.24, 2.45) is 0 Å². The summed E-state index contributed by atoms with van der Waals surface area (Å²) in [6, 6.07) is 29.6. The Morgan fingerprint density at radius 2 is 1.54 bits per heavy atom. The van der Waals surface area contributed by atoms with Crippen LogP contribution in [0.2, 0.25) is 0 Å². The molecule has 1 atom stereocenters. The van der Waals surface area contributed by atoms with Crippen LogP contribution in [0, 0.1) is 0 Å². The van der Waals surface area contributed by atoms with E-state index < -0.39 is 17.9 Å². The van der Waals surface area contributed by atoms with E-state index in [0.717, 1.165) is 22.2 Å². The SMILES string of the molecule is O=C(O)CC(c1ccccc1)n1cnc2ccc(NC(=O)C3c4ccccc4Oc4ccccc43)cc21. The summed E-state index contributed by atoms with van der Waals surface area (Å²) in [5.74, 6) is -0.301. The van der Waals surface area contributed by atoms with E-state index in [2.05, 4.69) is 10.3 Å². The number of carboxylic acids is 1. The number of carbonyl (C=O) groups is 2. The highest BCUT2D eigenvalue weighted by Gasteiger charge is 2.32. The number of nitrogens with zero attached hydrogens (tertiary/aromatic N) is 2. The lowest BCUT2D eigenvalue weighted by Crippen LogP contribution is -2.25. The Labute approximate surface area is 213 Å². The van der Waals surface area contributed by atoms with Crippen LogP contribution in [0.3, 0.4) is 0 Å². The number of hydrogen-bond donors (Lipinski definition) is 2. The van der Waals surface area contributed by atoms with Gasteiger partial charge in [0.05, 0.1) is 35.7 Å². The third kappa shape index (κ3) is 4.21. The average molecular weight is 490 g/mol. The van der Waals surface area contributed by atoms with E-state index in [1.807, 2.05) is 102 Å². The summed E-state index contributed by atoms with van der Waals surface area (Å²) < 4.78 is 7.89. The van der Waals surface area contributed by atoms with E-state index in [1.165, 1.54) is 0 Å². The summed E-state index contributed by atoms with van der Waals surface area (Å²) >= 11 is 0. The fraction of sp³-hybridized carbons (Fsp3) is 0.100. The first-order chi connectivity index (χ1) is 18.1. The van der Waals surface area contributed by atoms with Crippen LogP contribution in [0.5, 0.6) is 11.5 Å². The van der Waals surface area contributed by atoms with E-state index >= 15 is 0 Å². The number of para-hydroxylation sites is 2. The molecule has 7 heteroatoms. The summed E-state index contributed by atoms with van der Waals surface area (Å²) in [6.07, 6.45) is 1.56. The summed E-state index contributed by atoms with van der Waals surface area (Å²) in [5, 5.41) is 12.7. The number of aromatic nitrogens is 2. The van der Waals surface area contributed by atoms with Crippen LogP contribution < -0.4 is 10.1 Å². The molecule has 1 aliphatic rings. The number of fused-ring (bicyclic) bond motifs is 3. The van der Waals surface area contributed by atoms with Crippen molar-refractivity contribution in [2.75, 3.05) is 5.32 Å². The number of carboxylic acid groups (broad SMARTS) is 1. The molecule has 0 saturated heterocycles. The maximum absolute atomic E-state index is 13.7. The van der Waals surface area contributed by atoms with Gasteiger partial charge in [0.1, 0.15) is 11.5 Å². The minimum absolute atomic E-state index is 0.0955. The third-order valence-corrected chi connectivity index (χ3v) is 6.67. The molecule has 182 valence electrons. The molecule has 1 amide bonds. The number of imidazole rings is 1. The first kappa shape index (κ1) is 22.5. The zero-order chi connectivity index (χ0) is 25.4. The van der Waals surface area contributed by atoms with Gasteiger partial charge in [-0.25, -0.2) is 4.98 Å². The van der Waals surface area contributed by atoms with Crippen molar-refractivity contribution in [3.05, 3.63) is 120 Å². The number of nitrogens with one attached hydrogen (secondary N) is 1. The van der Waals surface area contributed by atoms with Gasteiger partial charge in [-0.15, -0.1) is 0 Å². The minimum atomic E-state index is -0.906. The van der Waals surface area contributed by atoms with Gasteiger partial charge in [0.15, 0.2) is 0 Å². The lowest BCUT2D eigenvalue weighted by Gasteiger charge is -2.27. The molecule has 6 rings (SSSR count). The van der Waals surface area contributed by atoms with Crippen LogP contribution in [-0.2, 0) is 9.59 Å². The van der Waals surface area contributed by atoms with Crippen LogP contribution >= 0.6 is 0 Å². The number of aliphatic carboxylic acids is 1. The zero-order valence-corrected chi connectivity index (χ0v) is 19.7. The standard InChI is InChI=1S/C30H23N3O4/c34-28(35)17-24(19-8-2-1-3-9-19)33-18-31-23-15-14-20(16-25(23)33)32-30(36)29-21-10-4-6-12-26(21)37-27-13-7-5-11-22(27)29/h1-16,18,24,29H,17H2,(H,32,36)(H,34,35). The molecule has 0 aliphatic carbocycles. The molecular weight excluding hydrogens is 466 g/mol. The molecule has 1 aromatic heterocycles. The molecule has 0 bridgehead atoms. The quantitative estimate of drug-likeness (QED) is 0.306. The summed E-state index contributed by atoms with van der Waals surface area (Å²) in [6.45, 7) is 0. The van der Waals surface area contributed by atoms with Crippen molar-refractivity contribution in [1.29, 1.82) is 0 Å². The molecule has 2 N–H and O–H groups in total. The minimum Gasteiger partial charge on any atom is -0.481 e. The first-order valence-corrected chi connectivity index (χ1v) is 12.0. The normalized spacial score (nSPS) is 13.3. The molecule has 1 aliphatic heterocycles. The largest absolute Gasteiger partial charge is 0.481 e. The Hall–Kier alpha value is -4.91. The third-order valence-electron chi connectivity index (χ3n) is 6.67. The van der Waals surface area contributed by atoms with Gasteiger partial charge < -0.3 is 19.7 Å². The predicted octanol–water partition coefficient (Wildman–Crippen LogP) is 5.98. The molecule has 37 heavy (non-hydrogen) atoms. The Morgan fingerprint density at radius 1 is 0.892 bits per heavy atom. The van der Waals surface area contributed by atoms with Gasteiger partial charge in [0.2, 0.25) is 5.91 Å². The monoisotopic (exact) mass is 489 g/mol. The summed E-state index contributed by atoms with van der Waals surface area (Å²) in [7, 11) is 0. The summed E-state index contributed by atoms with van der Waals surface area (Å²) in [4.78, 5) is 29.9. The van der Waals surface area contributed by atoms with E-state index in [4.69, 9.17) is 4.74 Å². The van der Waals surface area contributed by atoms with Crippen LogP contribution in [-0.4, -0.2) is 26.5 Å². The van der Waals surface area contributed by atoms with E-state index in [1.54, 1.807) is 6.33 Å². The van der Waals surface area contributed by atoms with Gasteiger partial charge in [-0.2, -0.15) is 0 Å². The van der Waals surface area contributed by atoms with E-state index in [-0.39, 0.29) is 12.3 Å². The van der Waals surface area contributed by atoms with Gasteiger partial charge >= 0.3 is 5.97 Å². The van der Waals surface area contributed by atoms with Gasteiger partial charge in [-0.1, -0.05) is 66.7 Å². The Morgan fingerprint density at radius 3 is 2.22 bits per heavy atom. The predicted molar refractivity (Wildman–Crippen MR) is 140 cm³/mol. The molecule has 7 nitrogen and oxygen atoms in total. The maximum atomic E-state index is 13.7. The van der Waals surface area contributed by atoms with Crippen molar-refractivity contribution < 1.29 is 19.4 Å². The van der Waals surface area contributed by atoms with Crippen molar-refractivity contribution in [3.8, 4) is 11.5 Å².